The largest absolute Gasteiger partial charge is 0.340 e. The van der Waals surface area contributed by atoms with Gasteiger partial charge in [-0.05, 0) is 24.3 Å². The van der Waals surface area contributed by atoms with Crippen molar-refractivity contribution in [2.45, 2.75) is 11.7 Å². The summed E-state index contributed by atoms with van der Waals surface area (Å²) in [5, 5.41) is 1.11. The molecule has 0 spiro atoms. The van der Waals surface area contributed by atoms with Gasteiger partial charge in [0.05, 0.1) is 27.5 Å². The lowest BCUT2D eigenvalue weighted by Crippen LogP contribution is -2.28. The maximum Gasteiger partial charge on any atom is 0.261 e. The van der Waals surface area contributed by atoms with Crippen LogP contribution in [0.3, 0.4) is 0 Å². The van der Waals surface area contributed by atoms with Crippen molar-refractivity contribution in [3.63, 3.8) is 0 Å². The molecule has 0 radical (unpaired) electrons. The second-order valence-corrected chi connectivity index (χ2v) is 8.26. The normalized spacial score (nSPS) is 11.0. The van der Waals surface area contributed by atoms with Crippen molar-refractivity contribution >= 4 is 51.5 Å². The van der Waals surface area contributed by atoms with Gasteiger partial charge >= 0.3 is 0 Å². The van der Waals surface area contributed by atoms with E-state index >= 15 is 0 Å². The summed E-state index contributed by atoms with van der Waals surface area (Å²) < 4.78 is 2.19. The van der Waals surface area contributed by atoms with Gasteiger partial charge in [-0.3, -0.25) is 14.2 Å². The number of thioether (sulfide) groups is 1. The van der Waals surface area contributed by atoms with Crippen LogP contribution >= 0.6 is 34.7 Å². The number of aromatic nitrogens is 2. The van der Waals surface area contributed by atoms with Crippen LogP contribution in [0.15, 0.2) is 46.3 Å². The predicted octanol–water partition coefficient (Wildman–Crippen LogP) is 3.40. The Balaban J connectivity index is 1.70. The van der Waals surface area contributed by atoms with Gasteiger partial charge in [0.2, 0.25) is 5.91 Å². The molecule has 0 bridgehead atoms. The predicted molar refractivity (Wildman–Crippen MR) is 104 cm³/mol. The number of para-hydroxylation sites is 1. The molecule has 0 unspecified atom stereocenters. The molecule has 0 saturated carbocycles. The topological polar surface area (TPSA) is 55.2 Å². The third-order valence-corrected chi connectivity index (χ3v) is 5.95. The van der Waals surface area contributed by atoms with Gasteiger partial charge in [0.1, 0.15) is 0 Å². The summed E-state index contributed by atoms with van der Waals surface area (Å²) >= 11 is 8.64. The minimum Gasteiger partial charge on any atom is -0.340 e. The molecule has 0 fully saturated rings. The van der Waals surface area contributed by atoms with E-state index in [9.17, 15) is 9.59 Å². The van der Waals surface area contributed by atoms with Crippen LogP contribution in [0.1, 0.15) is 4.88 Å². The number of thiophene rings is 1. The Bertz CT molecular complexity index is 983. The molecule has 0 aliphatic carbocycles. The first-order chi connectivity index (χ1) is 12.0. The summed E-state index contributed by atoms with van der Waals surface area (Å²) in [6.45, 7) is 0.515. The first kappa shape index (κ1) is 18.0. The highest BCUT2D eigenvalue weighted by atomic mass is 35.5. The number of fused-ring (bicyclic) bond motifs is 1. The fraction of sp³-hybridized carbons (Fsp3) is 0.235. The summed E-state index contributed by atoms with van der Waals surface area (Å²) in [5.74, 6) is 0.186. The first-order valence-corrected chi connectivity index (χ1v) is 9.70. The van der Waals surface area contributed by atoms with Crippen LogP contribution in [-0.2, 0) is 18.4 Å². The van der Waals surface area contributed by atoms with E-state index < -0.39 is 0 Å². The van der Waals surface area contributed by atoms with Crippen LogP contribution in [0.25, 0.3) is 10.9 Å². The Morgan fingerprint density at radius 3 is 2.80 bits per heavy atom. The van der Waals surface area contributed by atoms with Crippen LogP contribution in [0, 0.1) is 0 Å². The zero-order valence-corrected chi connectivity index (χ0v) is 16.1. The molecule has 0 aliphatic heterocycles. The number of rotatable bonds is 5. The lowest BCUT2D eigenvalue weighted by molar-refractivity contribution is -0.127. The molecular weight excluding hydrogens is 378 g/mol. The first-order valence-electron chi connectivity index (χ1n) is 7.52. The van der Waals surface area contributed by atoms with Crippen molar-refractivity contribution in [3.05, 3.63) is 56.0 Å². The third-order valence-electron chi connectivity index (χ3n) is 3.71. The molecule has 25 heavy (non-hydrogen) atoms. The van der Waals surface area contributed by atoms with Gasteiger partial charge in [-0.25, -0.2) is 4.98 Å². The molecule has 1 aromatic carbocycles. The maximum atomic E-state index is 12.4. The molecule has 0 atom stereocenters. The second-order valence-electron chi connectivity index (χ2n) is 5.52. The van der Waals surface area contributed by atoms with Crippen molar-refractivity contribution < 1.29 is 4.79 Å². The van der Waals surface area contributed by atoms with E-state index in [2.05, 4.69) is 4.98 Å². The van der Waals surface area contributed by atoms with Crippen molar-refractivity contribution in [2.75, 3.05) is 12.8 Å². The second kappa shape index (κ2) is 7.59. The Hall–Kier alpha value is -1.83. The number of amides is 1. The lowest BCUT2D eigenvalue weighted by Gasteiger charge is -2.16. The standard InChI is InChI=1S/C17H16ClN3O2S2/c1-20(9-11-7-8-14(18)25-11)15(22)10-24-17-19-13-6-4-3-5-12(13)16(23)21(17)2/h3-8H,9-10H2,1-2H3. The Morgan fingerprint density at radius 1 is 1.32 bits per heavy atom. The zero-order valence-electron chi connectivity index (χ0n) is 13.7. The molecule has 5 nitrogen and oxygen atoms in total. The summed E-state index contributed by atoms with van der Waals surface area (Å²) in [6.07, 6.45) is 0. The van der Waals surface area contributed by atoms with Gasteiger partial charge < -0.3 is 4.90 Å². The fourth-order valence-corrected chi connectivity index (χ4v) is 4.38. The lowest BCUT2D eigenvalue weighted by atomic mass is 10.2. The van der Waals surface area contributed by atoms with E-state index in [4.69, 9.17) is 11.6 Å². The number of halogens is 1. The highest BCUT2D eigenvalue weighted by molar-refractivity contribution is 7.99. The Kier molecular flexibility index (Phi) is 5.46. The summed E-state index contributed by atoms with van der Waals surface area (Å²) in [7, 11) is 3.43. The molecule has 8 heteroatoms. The van der Waals surface area contributed by atoms with Crippen LogP contribution in [0.5, 0.6) is 0 Å². The summed E-state index contributed by atoms with van der Waals surface area (Å²) in [6, 6.07) is 10.9. The van der Waals surface area contributed by atoms with E-state index in [-0.39, 0.29) is 17.2 Å². The van der Waals surface area contributed by atoms with Gasteiger partial charge in [-0.15, -0.1) is 11.3 Å². The highest BCUT2D eigenvalue weighted by Gasteiger charge is 2.14. The van der Waals surface area contributed by atoms with E-state index in [0.29, 0.717) is 26.9 Å². The zero-order chi connectivity index (χ0) is 18.0. The van der Waals surface area contributed by atoms with Gasteiger partial charge in [-0.1, -0.05) is 35.5 Å². The SMILES string of the molecule is CN(Cc1ccc(Cl)s1)C(=O)CSc1nc2ccccc2c(=O)n1C. The van der Waals surface area contributed by atoms with Gasteiger partial charge in [0.25, 0.3) is 5.56 Å². The summed E-state index contributed by atoms with van der Waals surface area (Å²) in [4.78, 5) is 31.9. The quantitative estimate of drug-likeness (QED) is 0.492. The van der Waals surface area contributed by atoms with Gasteiger partial charge in [0.15, 0.2) is 5.16 Å². The smallest absolute Gasteiger partial charge is 0.261 e. The number of nitrogens with zero attached hydrogens (tertiary/aromatic N) is 3. The third kappa shape index (κ3) is 4.05. The average molecular weight is 394 g/mol. The van der Waals surface area contributed by atoms with Crippen LogP contribution in [-0.4, -0.2) is 33.2 Å². The highest BCUT2D eigenvalue weighted by Crippen LogP contribution is 2.23. The number of carbonyl (C=O) groups is 1. The van der Waals surface area contributed by atoms with E-state index in [1.54, 1.807) is 31.1 Å². The van der Waals surface area contributed by atoms with Crippen LogP contribution in [0.4, 0.5) is 0 Å². The number of carbonyl (C=O) groups excluding carboxylic acids is 1. The van der Waals surface area contributed by atoms with E-state index in [1.807, 2.05) is 24.3 Å². The molecule has 0 aliphatic rings. The molecule has 0 N–H and O–H groups in total. The minimum absolute atomic E-state index is 0.0306. The molecule has 2 heterocycles. The minimum atomic E-state index is -0.109. The number of benzene rings is 1. The molecule has 1 amide bonds. The van der Waals surface area contributed by atoms with Crippen molar-refractivity contribution in [1.82, 2.24) is 14.5 Å². The van der Waals surface area contributed by atoms with Gasteiger partial charge in [0, 0.05) is 19.0 Å². The van der Waals surface area contributed by atoms with E-state index in [0.717, 1.165) is 4.88 Å². The van der Waals surface area contributed by atoms with Crippen LogP contribution < -0.4 is 5.56 Å². The van der Waals surface area contributed by atoms with Gasteiger partial charge in [-0.2, -0.15) is 0 Å². The maximum absolute atomic E-state index is 12.4. The van der Waals surface area contributed by atoms with Crippen LogP contribution in [0.2, 0.25) is 4.34 Å². The molecule has 3 rings (SSSR count). The van der Waals surface area contributed by atoms with Crippen molar-refractivity contribution in [2.24, 2.45) is 7.05 Å². The molecule has 130 valence electrons. The number of hydrogen-bond donors (Lipinski definition) is 0. The van der Waals surface area contributed by atoms with Crippen molar-refractivity contribution in [1.29, 1.82) is 0 Å². The molecular formula is C17H16ClN3O2S2. The Labute approximate surface area is 158 Å². The summed E-state index contributed by atoms with van der Waals surface area (Å²) in [5.41, 5.74) is 0.532. The molecule has 2 aromatic heterocycles. The van der Waals surface area contributed by atoms with Crippen molar-refractivity contribution in [3.8, 4) is 0 Å². The monoisotopic (exact) mass is 393 g/mol. The molecule has 0 saturated heterocycles. The van der Waals surface area contributed by atoms with E-state index in [1.165, 1.54) is 27.7 Å². The number of hydrogen-bond acceptors (Lipinski definition) is 5. The fourth-order valence-electron chi connectivity index (χ4n) is 2.32. The Morgan fingerprint density at radius 2 is 2.08 bits per heavy atom. The molecule has 3 aromatic rings. The average Bonchev–Trinajstić information content (AvgIpc) is 3.01.